The quantitative estimate of drug-likeness (QED) is 0.682. The standard InChI is InChI=1S/C18H21BrN4O4/c1-18(2,3)27-17(25)22-4-5-23-11(8-22)9-26-13-7-10(19)6-12-14(13)15(23)21-16(24)20-12/h6-7,11H,4-5,8-9H2,1-3H3,(H,20,21,24)/t11-/m0/s1. The molecular formula is C18H21BrN4O4. The Morgan fingerprint density at radius 2 is 2.15 bits per heavy atom. The van der Waals surface area contributed by atoms with E-state index in [1.165, 1.54) is 0 Å². The zero-order valence-electron chi connectivity index (χ0n) is 15.4. The van der Waals surface area contributed by atoms with Crippen LogP contribution >= 0.6 is 15.9 Å². The fourth-order valence-corrected chi connectivity index (χ4v) is 3.92. The minimum Gasteiger partial charge on any atom is -0.490 e. The topological polar surface area (TPSA) is 87.8 Å². The molecule has 0 spiro atoms. The van der Waals surface area contributed by atoms with Crippen molar-refractivity contribution < 1.29 is 14.3 Å². The first-order valence-electron chi connectivity index (χ1n) is 8.82. The molecule has 2 aromatic rings. The molecule has 2 aliphatic heterocycles. The second kappa shape index (κ2) is 6.40. The number of hydrogen-bond donors (Lipinski definition) is 1. The number of hydrogen-bond acceptors (Lipinski definition) is 6. The van der Waals surface area contributed by atoms with Gasteiger partial charge in [0.05, 0.1) is 16.9 Å². The van der Waals surface area contributed by atoms with E-state index >= 15 is 0 Å². The van der Waals surface area contributed by atoms with Gasteiger partial charge < -0.3 is 24.3 Å². The number of anilines is 1. The van der Waals surface area contributed by atoms with Gasteiger partial charge in [-0.05, 0) is 32.9 Å². The molecular weight excluding hydrogens is 416 g/mol. The van der Waals surface area contributed by atoms with Gasteiger partial charge in [-0.25, -0.2) is 9.59 Å². The number of carbonyl (C=O) groups is 1. The normalized spacial score (nSPS) is 19.3. The third kappa shape index (κ3) is 3.47. The van der Waals surface area contributed by atoms with E-state index in [-0.39, 0.29) is 12.1 Å². The summed E-state index contributed by atoms with van der Waals surface area (Å²) in [6.45, 7) is 7.42. The molecule has 4 rings (SSSR count). The predicted molar refractivity (Wildman–Crippen MR) is 104 cm³/mol. The van der Waals surface area contributed by atoms with Gasteiger partial charge in [-0.1, -0.05) is 15.9 Å². The van der Waals surface area contributed by atoms with Gasteiger partial charge in [0.1, 0.15) is 23.8 Å². The summed E-state index contributed by atoms with van der Waals surface area (Å²) in [4.78, 5) is 35.3. The van der Waals surface area contributed by atoms with Crippen molar-refractivity contribution in [3.63, 3.8) is 0 Å². The summed E-state index contributed by atoms with van der Waals surface area (Å²) >= 11 is 3.45. The van der Waals surface area contributed by atoms with Crippen LogP contribution in [-0.2, 0) is 4.74 Å². The molecule has 3 heterocycles. The number of carbonyl (C=O) groups excluding carboxylic acids is 1. The summed E-state index contributed by atoms with van der Waals surface area (Å²) in [7, 11) is 0. The number of benzene rings is 1. The van der Waals surface area contributed by atoms with Crippen LogP contribution in [0.25, 0.3) is 10.9 Å². The zero-order chi connectivity index (χ0) is 19.3. The van der Waals surface area contributed by atoms with Gasteiger partial charge in [-0.2, -0.15) is 4.98 Å². The van der Waals surface area contributed by atoms with E-state index in [0.717, 1.165) is 9.86 Å². The second-order valence-corrected chi connectivity index (χ2v) is 8.69. The summed E-state index contributed by atoms with van der Waals surface area (Å²) in [6.07, 6.45) is -0.337. The molecule has 0 unspecified atom stereocenters. The number of amides is 1. The van der Waals surface area contributed by atoms with Gasteiger partial charge >= 0.3 is 11.8 Å². The van der Waals surface area contributed by atoms with Crippen LogP contribution in [0.5, 0.6) is 5.75 Å². The molecule has 1 amide bonds. The second-order valence-electron chi connectivity index (χ2n) is 7.78. The minimum absolute atomic E-state index is 0.116. The predicted octanol–water partition coefficient (Wildman–Crippen LogP) is 2.50. The average Bonchev–Trinajstić information content (AvgIpc) is 2.70. The van der Waals surface area contributed by atoms with Crippen LogP contribution in [0.15, 0.2) is 21.4 Å². The highest BCUT2D eigenvalue weighted by Gasteiger charge is 2.36. The first kappa shape index (κ1) is 18.1. The number of aromatic nitrogens is 2. The van der Waals surface area contributed by atoms with Crippen molar-refractivity contribution in [1.29, 1.82) is 0 Å². The smallest absolute Gasteiger partial charge is 0.410 e. The van der Waals surface area contributed by atoms with Crippen molar-refractivity contribution in [3.8, 4) is 5.75 Å². The summed E-state index contributed by atoms with van der Waals surface area (Å²) in [5.74, 6) is 1.26. The maximum absolute atomic E-state index is 12.4. The largest absolute Gasteiger partial charge is 0.490 e. The fourth-order valence-electron chi connectivity index (χ4n) is 3.48. The van der Waals surface area contributed by atoms with E-state index in [0.29, 0.717) is 43.3 Å². The molecule has 0 radical (unpaired) electrons. The van der Waals surface area contributed by atoms with E-state index < -0.39 is 11.3 Å². The Morgan fingerprint density at radius 3 is 2.89 bits per heavy atom. The number of nitrogens with one attached hydrogen (secondary N) is 1. The van der Waals surface area contributed by atoms with E-state index in [1.807, 2.05) is 32.9 Å². The van der Waals surface area contributed by atoms with Crippen LogP contribution < -0.4 is 15.3 Å². The van der Waals surface area contributed by atoms with Crippen LogP contribution in [0.4, 0.5) is 10.6 Å². The van der Waals surface area contributed by atoms with Gasteiger partial charge in [0.2, 0.25) is 0 Å². The van der Waals surface area contributed by atoms with Crippen molar-refractivity contribution >= 4 is 38.7 Å². The van der Waals surface area contributed by atoms with Crippen molar-refractivity contribution in [2.24, 2.45) is 0 Å². The van der Waals surface area contributed by atoms with E-state index in [2.05, 4.69) is 30.8 Å². The van der Waals surface area contributed by atoms with Crippen LogP contribution in [0.1, 0.15) is 20.8 Å². The molecule has 1 atom stereocenters. The Kier molecular flexibility index (Phi) is 4.29. The average molecular weight is 437 g/mol. The SMILES string of the molecule is CC(C)(C)OC(=O)N1CCN2c3nc(=O)[nH]c4cc(Br)cc(c34)OC[C@@H]2C1. The number of halogens is 1. The van der Waals surface area contributed by atoms with Crippen LogP contribution in [0.2, 0.25) is 0 Å². The first-order valence-corrected chi connectivity index (χ1v) is 9.61. The lowest BCUT2D eigenvalue weighted by molar-refractivity contribution is 0.0202. The number of nitrogens with zero attached hydrogens (tertiary/aromatic N) is 3. The lowest BCUT2D eigenvalue weighted by Gasteiger charge is -2.41. The third-order valence-electron chi connectivity index (χ3n) is 4.58. The lowest BCUT2D eigenvalue weighted by atomic mass is 10.1. The monoisotopic (exact) mass is 436 g/mol. The zero-order valence-corrected chi connectivity index (χ0v) is 17.0. The number of rotatable bonds is 0. The molecule has 27 heavy (non-hydrogen) atoms. The van der Waals surface area contributed by atoms with Crippen molar-refractivity contribution in [2.45, 2.75) is 32.4 Å². The molecule has 1 aromatic carbocycles. The van der Waals surface area contributed by atoms with Crippen LogP contribution in [-0.4, -0.2) is 58.8 Å². The highest BCUT2D eigenvalue weighted by Crippen LogP contribution is 2.38. The summed E-state index contributed by atoms with van der Waals surface area (Å²) in [5.41, 5.74) is -0.279. The highest BCUT2D eigenvalue weighted by molar-refractivity contribution is 9.10. The minimum atomic E-state index is -0.545. The number of H-pyrrole nitrogens is 1. The molecule has 1 N–H and O–H groups in total. The first-order chi connectivity index (χ1) is 12.7. The van der Waals surface area contributed by atoms with E-state index in [4.69, 9.17) is 9.47 Å². The molecule has 1 aromatic heterocycles. The van der Waals surface area contributed by atoms with E-state index in [1.54, 1.807) is 4.90 Å². The van der Waals surface area contributed by atoms with Crippen LogP contribution in [0.3, 0.4) is 0 Å². The third-order valence-corrected chi connectivity index (χ3v) is 5.04. The Labute approximate surface area is 164 Å². The number of piperazine rings is 1. The summed E-state index contributed by atoms with van der Waals surface area (Å²) in [6, 6.07) is 3.59. The Bertz CT molecular complexity index is 968. The van der Waals surface area contributed by atoms with Gasteiger partial charge in [0, 0.05) is 24.1 Å². The Hall–Kier alpha value is -2.29. The Balaban J connectivity index is 1.68. The summed E-state index contributed by atoms with van der Waals surface area (Å²) in [5, 5.41) is 0.783. The molecule has 8 nitrogen and oxygen atoms in total. The molecule has 0 aliphatic carbocycles. The Morgan fingerprint density at radius 1 is 1.37 bits per heavy atom. The molecule has 2 aliphatic rings. The van der Waals surface area contributed by atoms with Crippen molar-refractivity contribution in [2.75, 3.05) is 31.1 Å². The maximum atomic E-state index is 12.4. The maximum Gasteiger partial charge on any atom is 0.410 e. The molecule has 0 saturated carbocycles. The summed E-state index contributed by atoms with van der Waals surface area (Å²) < 4.78 is 12.3. The van der Waals surface area contributed by atoms with Gasteiger partial charge in [-0.15, -0.1) is 0 Å². The molecule has 1 saturated heterocycles. The van der Waals surface area contributed by atoms with Gasteiger partial charge in [0.15, 0.2) is 0 Å². The van der Waals surface area contributed by atoms with Crippen molar-refractivity contribution in [3.05, 3.63) is 27.1 Å². The molecule has 1 fully saturated rings. The van der Waals surface area contributed by atoms with Crippen LogP contribution in [0, 0.1) is 0 Å². The number of aromatic amines is 1. The fraction of sp³-hybridized carbons (Fsp3) is 0.500. The number of ether oxygens (including phenoxy) is 2. The highest BCUT2D eigenvalue weighted by atomic mass is 79.9. The van der Waals surface area contributed by atoms with E-state index in [9.17, 15) is 9.59 Å². The lowest BCUT2D eigenvalue weighted by Crippen LogP contribution is -2.57. The molecule has 9 heteroatoms. The van der Waals surface area contributed by atoms with Gasteiger partial charge in [-0.3, -0.25) is 0 Å². The molecule has 0 bridgehead atoms. The van der Waals surface area contributed by atoms with Crippen molar-refractivity contribution in [1.82, 2.24) is 14.9 Å². The van der Waals surface area contributed by atoms with Gasteiger partial charge in [0.25, 0.3) is 0 Å². The molecule has 144 valence electrons. The number of fused-ring (bicyclic) bond motifs is 2.